The van der Waals surface area contributed by atoms with Gasteiger partial charge < -0.3 is 30.0 Å². The molecule has 0 fully saturated rings. The van der Waals surface area contributed by atoms with Crippen molar-refractivity contribution in [2.24, 2.45) is 0 Å². The predicted molar refractivity (Wildman–Crippen MR) is 165 cm³/mol. The zero-order chi connectivity index (χ0) is 32.2. The smallest absolute Gasteiger partial charge is 0.466 e. The van der Waals surface area contributed by atoms with Crippen LogP contribution in [-0.4, -0.2) is 47.9 Å². The van der Waals surface area contributed by atoms with E-state index in [4.69, 9.17) is 34.6 Å². The number of carboxylic acid groups (broad SMARTS) is 3. The highest BCUT2D eigenvalue weighted by molar-refractivity contribution is 7.45. The van der Waals surface area contributed by atoms with E-state index < -0.39 is 25.7 Å². The van der Waals surface area contributed by atoms with Crippen LogP contribution in [0, 0.1) is 0 Å². The van der Waals surface area contributed by atoms with E-state index in [2.05, 4.69) is 20.8 Å². The predicted octanol–water partition coefficient (Wildman–Crippen LogP) is 8.71. The molecule has 6 N–H and O–H groups in total. The number of unbranched alkanes of at least 4 members (excludes halogenated alkanes) is 18. The number of rotatable bonds is 24. The molecule has 0 radical (unpaired) electrons. The minimum absolute atomic E-state index is 0.341. The summed E-state index contributed by atoms with van der Waals surface area (Å²) in [5.74, 6) is -1.99. The molecular weight excluding hydrogens is 551 g/mol. The molecule has 0 saturated carbocycles. The van der Waals surface area contributed by atoms with E-state index in [0.29, 0.717) is 19.3 Å². The largest absolute Gasteiger partial charge is 0.481 e. The first-order valence-corrected chi connectivity index (χ1v) is 17.3. The molecule has 10 nitrogen and oxygen atoms in total. The standard InChI is InChI=1S/3C10H20O2.H3O4P/c3*1-2-3-4-5-6-7-8-9-10(11)12;1-5(2,3)4/h3*2-9H2,1H3,(H,11,12);(H3,1,2,3,4). The van der Waals surface area contributed by atoms with Crippen molar-refractivity contribution in [1.29, 1.82) is 0 Å². The van der Waals surface area contributed by atoms with Crippen LogP contribution in [0.25, 0.3) is 0 Å². The van der Waals surface area contributed by atoms with Gasteiger partial charge in [0.2, 0.25) is 0 Å². The Morgan fingerprint density at radius 3 is 0.683 bits per heavy atom. The highest BCUT2D eigenvalue weighted by Crippen LogP contribution is 2.25. The molecule has 0 saturated heterocycles. The van der Waals surface area contributed by atoms with Crippen molar-refractivity contribution < 1.29 is 48.9 Å². The van der Waals surface area contributed by atoms with Crippen LogP contribution in [-0.2, 0) is 18.9 Å². The summed E-state index contributed by atoms with van der Waals surface area (Å²) in [6.07, 6.45) is 25.9. The van der Waals surface area contributed by atoms with Gasteiger partial charge in [0.05, 0.1) is 0 Å². The number of aliphatic carboxylic acids is 3. The van der Waals surface area contributed by atoms with E-state index in [1.54, 1.807) is 0 Å². The lowest BCUT2D eigenvalue weighted by molar-refractivity contribution is -0.138. The molecule has 0 aromatic heterocycles. The van der Waals surface area contributed by atoms with Gasteiger partial charge in [-0.05, 0) is 19.3 Å². The van der Waals surface area contributed by atoms with E-state index >= 15 is 0 Å². The van der Waals surface area contributed by atoms with Gasteiger partial charge in [-0.3, -0.25) is 14.4 Å². The average Bonchev–Trinajstić information content (AvgIpc) is 2.86. The summed E-state index contributed by atoms with van der Waals surface area (Å²) < 4.78 is 8.88. The van der Waals surface area contributed by atoms with E-state index in [1.807, 2.05) is 0 Å². The maximum Gasteiger partial charge on any atom is 0.466 e. The maximum absolute atomic E-state index is 10.1. The molecule has 0 aromatic rings. The monoisotopic (exact) mass is 614 g/mol. The number of hydrogen-bond donors (Lipinski definition) is 6. The normalized spacial score (nSPS) is 10.3. The molecule has 0 rings (SSSR count). The van der Waals surface area contributed by atoms with Gasteiger partial charge in [0.1, 0.15) is 0 Å². The molecule has 0 aromatic carbocycles. The third-order valence-corrected chi connectivity index (χ3v) is 5.98. The van der Waals surface area contributed by atoms with Crippen molar-refractivity contribution in [2.75, 3.05) is 0 Å². The summed E-state index contributed by atoms with van der Waals surface area (Å²) in [7, 11) is -4.64. The summed E-state index contributed by atoms with van der Waals surface area (Å²) >= 11 is 0. The Morgan fingerprint density at radius 1 is 0.390 bits per heavy atom. The summed E-state index contributed by atoms with van der Waals surface area (Å²) in [6, 6.07) is 0. The average molecular weight is 615 g/mol. The van der Waals surface area contributed by atoms with Gasteiger partial charge in [0.25, 0.3) is 0 Å². The van der Waals surface area contributed by atoms with Crippen LogP contribution >= 0.6 is 7.82 Å². The van der Waals surface area contributed by atoms with Crippen molar-refractivity contribution in [3.05, 3.63) is 0 Å². The zero-order valence-electron chi connectivity index (χ0n) is 26.2. The first-order chi connectivity index (χ1) is 19.3. The van der Waals surface area contributed by atoms with Gasteiger partial charge in [-0.2, -0.15) is 0 Å². The topological polar surface area (TPSA) is 190 Å². The minimum atomic E-state index is -4.64. The number of hydrogen-bond acceptors (Lipinski definition) is 4. The quantitative estimate of drug-likeness (QED) is 0.0453. The molecule has 41 heavy (non-hydrogen) atoms. The summed E-state index contributed by atoms with van der Waals surface area (Å²) in [5, 5.41) is 25.1. The Morgan fingerprint density at radius 2 is 0.537 bits per heavy atom. The maximum atomic E-state index is 10.1. The number of carbonyl (C=O) groups is 3. The van der Waals surface area contributed by atoms with Crippen LogP contribution in [0.4, 0.5) is 0 Å². The third kappa shape index (κ3) is 78.9. The third-order valence-electron chi connectivity index (χ3n) is 5.98. The second-order valence-electron chi connectivity index (χ2n) is 10.3. The van der Waals surface area contributed by atoms with Gasteiger partial charge in [0, 0.05) is 19.3 Å². The van der Waals surface area contributed by atoms with Crippen molar-refractivity contribution in [1.82, 2.24) is 0 Å². The van der Waals surface area contributed by atoms with E-state index in [1.165, 1.54) is 96.3 Å². The molecule has 0 aliphatic rings. The summed E-state index contributed by atoms with van der Waals surface area (Å²) in [5.41, 5.74) is 0. The first kappa shape index (κ1) is 46.5. The van der Waals surface area contributed by atoms with E-state index in [-0.39, 0.29) is 0 Å². The second-order valence-corrected chi connectivity index (χ2v) is 11.3. The molecule has 11 heteroatoms. The fourth-order valence-corrected chi connectivity index (χ4v) is 3.70. The lowest BCUT2D eigenvalue weighted by Gasteiger charge is -1.98. The van der Waals surface area contributed by atoms with Crippen molar-refractivity contribution in [2.45, 2.75) is 175 Å². The van der Waals surface area contributed by atoms with Gasteiger partial charge in [-0.15, -0.1) is 0 Å². The van der Waals surface area contributed by atoms with Gasteiger partial charge in [0.15, 0.2) is 0 Å². The molecule has 0 atom stereocenters. The fraction of sp³-hybridized carbons (Fsp3) is 0.900. The van der Waals surface area contributed by atoms with Crippen LogP contribution in [0.2, 0.25) is 0 Å². The Kier molecular flexibility index (Phi) is 43.7. The molecule has 0 heterocycles. The Labute approximate surface area is 249 Å². The summed E-state index contributed by atoms with van der Waals surface area (Å²) in [4.78, 5) is 52.0. The molecule has 0 unspecified atom stereocenters. The fourth-order valence-electron chi connectivity index (χ4n) is 3.70. The second kappa shape index (κ2) is 38.5. The van der Waals surface area contributed by atoms with Crippen LogP contribution in [0.3, 0.4) is 0 Å². The van der Waals surface area contributed by atoms with Crippen molar-refractivity contribution >= 4 is 25.7 Å². The molecule has 0 spiro atoms. The number of phosphoric acid groups is 1. The molecule has 0 amide bonds. The lowest BCUT2D eigenvalue weighted by atomic mass is 10.1. The van der Waals surface area contributed by atoms with Gasteiger partial charge in [-0.25, -0.2) is 4.57 Å². The van der Waals surface area contributed by atoms with Crippen LogP contribution in [0.1, 0.15) is 175 Å². The van der Waals surface area contributed by atoms with Crippen molar-refractivity contribution in [3.63, 3.8) is 0 Å². The SMILES string of the molecule is CCCCCCCCCC(=O)O.CCCCCCCCCC(=O)O.CCCCCCCCCC(=O)O.O=P(O)(O)O. The highest BCUT2D eigenvalue weighted by Gasteiger charge is 2.00. The van der Waals surface area contributed by atoms with E-state index in [9.17, 15) is 14.4 Å². The highest BCUT2D eigenvalue weighted by atomic mass is 31.2. The zero-order valence-corrected chi connectivity index (χ0v) is 27.1. The minimum Gasteiger partial charge on any atom is -0.481 e. The van der Waals surface area contributed by atoms with Crippen LogP contribution in [0.5, 0.6) is 0 Å². The first-order valence-electron chi connectivity index (χ1n) is 15.7. The number of carboxylic acids is 3. The lowest BCUT2D eigenvalue weighted by Crippen LogP contribution is -1.93. The van der Waals surface area contributed by atoms with Crippen LogP contribution < -0.4 is 0 Å². The van der Waals surface area contributed by atoms with E-state index in [0.717, 1.165) is 38.5 Å². The molecule has 248 valence electrons. The molecule has 0 aliphatic carbocycles. The summed E-state index contributed by atoms with van der Waals surface area (Å²) in [6.45, 7) is 6.60. The van der Waals surface area contributed by atoms with Crippen molar-refractivity contribution in [3.8, 4) is 0 Å². The van der Waals surface area contributed by atoms with Gasteiger partial charge in [-0.1, -0.05) is 136 Å². The van der Waals surface area contributed by atoms with Crippen LogP contribution in [0.15, 0.2) is 0 Å². The molecule has 0 aliphatic heterocycles. The Balaban J connectivity index is -0.000000231. The Hall–Kier alpha value is -1.48. The molecule has 0 bridgehead atoms. The Bertz CT molecular complexity index is 533. The molecular formula is C30H63O10P. The van der Waals surface area contributed by atoms with Gasteiger partial charge >= 0.3 is 25.7 Å².